The molecule has 3 fully saturated rings. The maximum atomic E-state index is 11.7. The largest absolute Gasteiger partial charge is 0.354 e. The number of likely N-dealkylation sites (tertiary alicyclic amines) is 1. The SMILES string of the molecule is CC(C)NC(=NCC1CCS(=O)(=O)C1)NC1CCN(C2CCCCC2)CC1.I. The van der Waals surface area contributed by atoms with Gasteiger partial charge in [-0.15, -0.1) is 24.0 Å². The van der Waals surface area contributed by atoms with Crippen molar-refractivity contribution in [2.45, 2.75) is 83.3 Å². The van der Waals surface area contributed by atoms with Crippen molar-refractivity contribution in [3.63, 3.8) is 0 Å². The van der Waals surface area contributed by atoms with E-state index in [4.69, 9.17) is 4.99 Å². The average molecular weight is 527 g/mol. The number of sulfone groups is 1. The molecular formula is C20H39IN4O2S. The summed E-state index contributed by atoms with van der Waals surface area (Å²) < 4.78 is 23.3. The minimum absolute atomic E-state index is 0. The van der Waals surface area contributed by atoms with E-state index in [2.05, 4.69) is 29.4 Å². The second-order valence-electron chi connectivity index (χ2n) is 9.00. The molecule has 1 saturated carbocycles. The van der Waals surface area contributed by atoms with Gasteiger partial charge in [-0.05, 0) is 51.9 Å². The van der Waals surface area contributed by atoms with Gasteiger partial charge in [0.15, 0.2) is 15.8 Å². The zero-order valence-electron chi connectivity index (χ0n) is 17.5. The molecule has 0 aromatic rings. The van der Waals surface area contributed by atoms with Gasteiger partial charge < -0.3 is 15.5 Å². The number of rotatable bonds is 5. The summed E-state index contributed by atoms with van der Waals surface area (Å²) in [6, 6.07) is 1.58. The van der Waals surface area contributed by atoms with Crippen LogP contribution in [-0.2, 0) is 9.84 Å². The minimum Gasteiger partial charge on any atom is -0.354 e. The van der Waals surface area contributed by atoms with Crippen LogP contribution >= 0.6 is 24.0 Å². The molecule has 3 aliphatic rings. The number of hydrogen-bond donors (Lipinski definition) is 2. The highest BCUT2D eigenvalue weighted by Crippen LogP contribution is 2.25. The highest BCUT2D eigenvalue weighted by molar-refractivity contribution is 14.0. The van der Waals surface area contributed by atoms with Crippen molar-refractivity contribution in [2.75, 3.05) is 31.1 Å². The Morgan fingerprint density at radius 2 is 1.75 bits per heavy atom. The topological polar surface area (TPSA) is 73.8 Å². The first-order chi connectivity index (χ1) is 12.9. The van der Waals surface area contributed by atoms with Gasteiger partial charge in [-0.3, -0.25) is 4.99 Å². The highest BCUT2D eigenvalue weighted by Gasteiger charge is 2.29. The molecule has 0 amide bonds. The van der Waals surface area contributed by atoms with Crippen LogP contribution in [0.15, 0.2) is 4.99 Å². The lowest BCUT2D eigenvalue weighted by Crippen LogP contribution is -2.52. The molecule has 28 heavy (non-hydrogen) atoms. The zero-order valence-corrected chi connectivity index (χ0v) is 20.7. The molecule has 2 heterocycles. The summed E-state index contributed by atoms with van der Waals surface area (Å²) in [6.07, 6.45) is 10.0. The van der Waals surface area contributed by atoms with Gasteiger partial charge in [0.2, 0.25) is 0 Å². The Morgan fingerprint density at radius 3 is 2.32 bits per heavy atom. The molecule has 2 aliphatic heterocycles. The summed E-state index contributed by atoms with van der Waals surface area (Å²) in [7, 11) is -2.83. The molecule has 2 saturated heterocycles. The van der Waals surface area contributed by atoms with Crippen LogP contribution in [0, 0.1) is 5.92 Å². The maximum Gasteiger partial charge on any atom is 0.191 e. The second kappa shape index (κ2) is 11.3. The van der Waals surface area contributed by atoms with Crippen LogP contribution in [0.3, 0.4) is 0 Å². The molecule has 0 bridgehead atoms. The van der Waals surface area contributed by atoms with Crippen LogP contribution in [0.25, 0.3) is 0 Å². The van der Waals surface area contributed by atoms with Crippen molar-refractivity contribution in [3.05, 3.63) is 0 Å². The molecule has 2 N–H and O–H groups in total. The van der Waals surface area contributed by atoms with Crippen LogP contribution in [-0.4, -0.2) is 68.5 Å². The molecule has 0 aromatic heterocycles. The zero-order chi connectivity index (χ0) is 19.3. The van der Waals surface area contributed by atoms with Gasteiger partial charge in [-0.1, -0.05) is 19.3 Å². The summed E-state index contributed by atoms with van der Waals surface area (Å²) in [5.74, 6) is 1.65. The fourth-order valence-corrected chi connectivity index (χ4v) is 6.54. The minimum atomic E-state index is -2.83. The molecule has 1 atom stereocenters. The molecule has 164 valence electrons. The Labute approximate surface area is 188 Å². The number of piperidine rings is 1. The standard InChI is InChI=1S/C20H38N4O2S.HI/c1-16(2)22-20(21-14-17-10-13-27(25,26)15-17)23-18-8-11-24(12-9-18)19-6-4-3-5-7-19;/h16-19H,3-15H2,1-2H3,(H2,21,22,23);1H. The number of guanidine groups is 1. The van der Waals surface area contributed by atoms with E-state index in [1.807, 2.05) is 0 Å². The van der Waals surface area contributed by atoms with Gasteiger partial charge >= 0.3 is 0 Å². The lowest BCUT2D eigenvalue weighted by atomic mass is 9.92. The summed E-state index contributed by atoms with van der Waals surface area (Å²) >= 11 is 0. The first-order valence-electron chi connectivity index (χ1n) is 10.9. The van der Waals surface area contributed by atoms with Crippen LogP contribution in [0.1, 0.15) is 65.2 Å². The molecule has 0 radical (unpaired) electrons. The van der Waals surface area contributed by atoms with E-state index in [0.29, 0.717) is 30.1 Å². The van der Waals surface area contributed by atoms with E-state index < -0.39 is 9.84 Å². The molecule has 0 spiro atoms. The fraction of sp³-hybridized carbons (Fsp3) is 0.950. The molecule has 3 rings (SSSR count). The van der Waals surface area contributed by atoms with E-state index in [1.54, 1.807) is 0 Å². The van der Waals surface area contributed by atoms with Crippen molar-refractivity contribution in [2.24, 2.45) is 10.9 Å². The maximum absolute atomic E-state index is 11.7. The van der Waals surface area contributed by atoms with Gasteiger partial charge in [-0.2, -0.15) is 0 Å². The Kier molecular flexibility index (Phi) is 9.80. The number of halogens is 1. The fourth-order valence-electron chi connectivity index (χ4n) is 4.69. The van der Waals surface area contributed by atoms with Crippen molar-refractivity contribution in [1.29, 1.82) is 0 Å². The smallest absolute Gasteiger partial charge is 0.191 e. The Bertz CT molecular complexity index is 597. The third-order valence-corrected chi connectivity index (χ3v) is 8.06. The van der Waals surface area contributed by atoms with Gasteiger partial charge in [-0.25, -0.2) is 8.42 Å². The summed E-state index contributed by atoms with van der Waals surface area (Å²) in [5.41, 5.74) is 0. The molecule has 1 unspecified atom stereocenters. The van der Waals surface area contributed by atoms with E-state index in [-0.39, 0.29) is 29.9 Å². The third-order valence-electron chi connectivity index (χ3n) is 6.22. The first kappa shape index (κ1) is 24.2. The molecular weight excluding hydrogens is 487 g/mol. The number of hydrogen-bond acceptors (Lipinski definition) is 4. The third kappa shape index (κ3) is 7.63. The van der Waals surface area contributed by atoms with Crippen molar-refractivity contribution in [1.82, 2.24) is 15.5 Å². The van der Waals surface area contributed by atoms with E-state index >= 15 is 0 Å². The van der Waals surface area contributed by atoms with Crippen LogP contribution in [0.5, 0.6) is 0 Å². The van der Waals surface area contributed by atoms with Gasteiger partial charge in [0, 0.05) is 37.8 Å². The van der Waals surface area contributed by atoms with Crippen LogP contribution in [0.2, 0.25) is 0 Å². The first-order valence-corrected chi connectivity index (χ1v) is 12.8. The number of aliphatic imine (C=N–C) groups is 1. The van der Waals surface area contributed by atoms with E-state index in [1.165, 1.54) is 45.2 Å². The quantitative estimate of drug-likeness (QED) is 0.328. The highest BCUT2D eigenvalue weighted by atomic mass is 127. The molecule has 1 aliphatic carbocycles. The normalized spacial score (nSPS) is 27.5. The predicted octanol–water partition coefficient (Wildman–Crippen LogP) is 2.78. The van der Waals surface area contributed by atoms with Gasteiger partial charge in [0.05, 0.1) is 11.5 Å². The van der Waals surface area contributed by atoms with Gasteiger partial charge in [0.25, 0.3) is 0 Å². The van der Waals surface area contributed by atoms with Crippen molar-refractivity contribution >= 4 is 39.8 Å². The Morgan fingerprint density at radius 1 is 1.07 bits per heavy atom. The molecule has 6 nitrogen and oxygen atoms in total. The van der Waals surface area contributed by atoms with Crippen LogP contribution < -0.4 is 10.6 Å². The van der Waals surface area contributed by atoms with Crippen LogP contribution in [0.4, 0.5) is 0 Å². The Hall–Kier alpha value is -0.0900. The van der Waals surface area contributed by atoms with E-state index in [9.17, 15) is 8.42 Å². The molecule has 0 aromatic carbocycles. The monoisotopic (exact) mass is 526 g/mol. The summed E-state index contributed by atoms with van der Waals surface area (Å²) in [4.78, 5) is 7.43. The summed E-state index contributed by atoms with van der Waals surface area (Å²) in [6.45, 7) is 7.18. The van der Waals surface area contributed by atoms with Gasteiger partial charge in [0.1, 0.15) is 0 Å². The average Bonchev–Trinajstić information content (AvgIpc) is 2.99. The van der Waals surface area contributed by atoms with E-state index in [0.717, 1.165) is 31.3 Å². The number of nitrogens with zero attached hydrogens (tertiary/aromatic N) is 2. The molecule has 8 heteroatoms. The lowest BCUT2D eigenvalue weighted by Gasteiger charge is -2.39. The predicted molar refractivity (Wildman–Crippen MR) is 127 cm³/mol. The summed E-state index contributed by atoms with van der Waals surface area (Å²) in [5, 5.41) is 7.04. The second-order valence-corrected chi connectivity index (χ2v) is 11.2. The van der Waals surface area contributed by atoms with Crippen molar-refractivity contribution < 1.29 is 8.42 Å². The number of nitrogens with one attached hydrogen (secondary N) is 2. The lowest BCUT2D eigenvalue weighted by molar-refractivity contribution is 0.119. The Balaban J connectivity index is 0.00000280. The van der Waals surface area contributed by atoms with Crippen molar-refractivity contribution in [3.8, 4) is 0 Å².